The standard InChI is InChI=1S/C16H26N4O5S/c1-9(16(24)25)18-13(21)11(8-26)19-14(22)12-5-3-7-20(12)15(23)10-4-2-6-17-10/h9-12,17,26H,2-8H2,1H3,(H,18,21)(H,19,22)(H,24,25). The van der Waals surface area contributed by atoms with Crippen molar-refractivity contribution in [3.05, 3.63) is 0 Å². The van der Waals surface area contributed by atoms with Crippen LogP contribution < -0.4 is 16.0 Å². The molecule has 4 unspecified atom stereocenters. The van der Waals surface area contributed by atoms with Crippen molar-refractivity contribution in [2.24, 2.45) is 0 Å². The van der Waals surface area contributed by atoms with Gasteiger partial charge in [0.05, 0.1) is 6.04 Å². The Labute approximate surface area is 157 Å². The van der Waals surface area contributed by atoms with E-state index >= 15 is 0 Å². The quantitative estimate of drug-likeness (QED) is 0.347. The molecule has 0 aromatic carbocycles. The van der Waals surface area contributed by atoms with Crippen LogP contribution in [0.3, 0.4) is 0 Å². The number of carboxylic acid groups (broad SMARTS) is 1. The fourth-order valence-electron chi connectivity index (χ4n) is 3.24. The lowest BCUT2D eigenvalue weighted by Crippen LogP contribution is -2.56. The summed E-state index contributed by atoms with van der Waals surface area (Å²) < 4.78 is 0. The van der Waals surface area contributed by atoms with Crippen LogP contribution in [0.15, 0.2) is 0 Å². The van der Waals surface area contributed by atoms with Crippen LogP contribution in [0.25, 0.3) is 0 Å². The molecule has 0 bridgehead atoms. The highest BCUT2D eigenvalue weighted by atomic mass is 32.1. The van der Waals surface area contributed by atoms with E-state index in [0.717, 1.165) is 25.8 Å². The van der Waals surface area contributed by atoms with Crippen molar-refractivity contribution in [3.63, 3.8) is 0 Å². The summed E-state index contributed by atoms with van der Waals surface area (Å²) in [5, 5.41) is 16.9. The van der Waals surface area contributed by atoms with Crippen molar-refractivity contribution >= 4 is 36.3 Å². The number of hydrogen-bond donors (Lipinski definition) is 5. The fraction of sp³-hybridized carbons (Fsp3) is 0.750. The van der Waals surface area contributed by atoms with Crippen LogP contribution in [-0.4, -0.2) is 76.7 Å². The average Bonchev–Trinajstić information content (AvgIpc) is 3.29. The van der Waals surface area contributed by atoms with E-state index in [1.807, 2.05) is 0 Å². The maximum Gasteiger partial charge on any atom is 0.325 e. The Kier molecular flexibility index (Phi) is 7.27. The van der Waals surface area contributed by atoms with Crippen molar-refractivity contribution in [3.8, 4) is 0 Å². The van der Waals surface area contributed by atoms with Gasteiger partial charge in [-0.05, 0) is 39.2 Å². The highest BCUT2D eigenvalue weighted by molar-refractivity contribution is 7.80. The van der Waals surface area contributed by atoms with Crippen molar-refractivity contribution in [2.75, 3.05) is 18.8 Å². The van der Waals surface area contributed by atoms with Gasteiger partial charge in [-0.1, -0.05) is 0 Å². The third kappa shape index (κ3) is 4.88. The predicted molar refractivity (Wildman–Crippen MR) is 96.8 cm³/mol. The summed E-state index contributed by atoms with van der Waals surface area (Å²) in [4.78, 5) is 49.8. The fourth-order valence-corrected chi connectivity index (χ4v) is 3.49. The SMILES string of the molecule is CC(NC(=O)C(CS)NC(=O)C1CCCN1C(=O)C1CCCN1)C(=O)O. The van der Waals surface area contributed by atoms with E-state index in [9.17, 15) is 19.2 Å². The van der Waals surface area contributed by atoms with Gasteiger partial charge in [0, 0.05) is 12.3 Å². The number of carbonyl (C=O) groups excluding carboxylic acids is 3. The van der Waals surface area contributed by atoms with Gasteiger partial charge in [0.2, 0.25) is 17.7 Å². The molecular formula is C16H26N4O5S. The van der Waals surface area contributed by atoms with E-state index in [2.05, 4.69) is 28.6 Å². The van der Waals surface area contributed by atoms with Crippen LogP contribution >= 0.6 is 12.6 Å². The summed E-state index contributed by atoms with van der Waals surface area (Å²) in [7, 11) is 0. The summed E-state index contributed by atoms with van der Waals surface area (Å²) in [5.74, 6) is -2.25. The summed E-state index contributed by atoms with van der Waals surface area (Å²) in [5.41, 5.74) is 0. The van der Waals surface area contributed by atoms with Gasteiger partial charge in [-0.25, -0.2) is 0 Å². The van der Waals surface area contributed by atoms with Crippen molar-refractivity contribution in [1.29, 1.82) is 0 Å². The molecule has 2 aliphatic rings. The van der Waals surface area contributed by atoms with Gasteiger partial charge in [0.15, 0.2) is 0 Å². The van der Waals surface area contributed by atoms with E-state index in [0.29, 0.717) is 13.0 Å². The first-order chi connectivity index (χ1) is 12.3. The van der Waals surface area contributed by atoms with Crippen molar-refractivity contribution < 1.29 is 24.3 Å². The Morgan fingerprint density at radius 1 is 1.23 bits per heavy atom. The van der Waals surface area contributed by atoms with Gasteiger partial charge in [0.1, 0.15) is 18.1 Å². The van der Waals surface area contributed by atoms with Gasteiger partial charge < -0.3 is 26.0 Å². The molecule has 0 aromatic rings. The van der Waals surface area contributed by atoms with Crippen LogP contribution in [0.5, 0.6) is 0 Å². The Hall–Kier alpha value is -1.81. The topological polar surface area (TPSA) is 128 Å². The molecule has 2 fully saturated rings. The molecule has 10 heteroatoms. The summed E-state index contributed by atoms with van der Waals surface area (Å²) in [6.07, 6.45) is 2.96. The van der Waals surface area contributed by atoms with Gasteiger partial charge in [-0.3, -0.25) is 19.2 Å². The molecule has 0 aliphatic carbocycles. The second-order valence-electron chi connectivity index (χ2n) is 6.65. The molecule has 4 N–H and O–H groups in total. The molecule has 0 spiro atoms. The lowest BCUT2D eigenvalue weighted by molar-refractivity contribution is -0.142. The molecule has 0 saturated carbocycles. The van der Waals surface area contributed by atoms with E-state index in [-0.39, 0.29) is 17.7 Å². The van der Waals surface area contributed by atoms with Crippen LogP contribution in [0.1, 0.15) is 32.6 Å². The Morgan fingerprint density at radius 2 is 1.96 bits per heavy atom. The minimum atomic E-state index is -1.17. The molecular weight excluding hydrogens is 360 g/mol. The summed E-state index contributed by atoms with van der Waals surface area (Å²) >= 11 is 4.07. The number of amides is 3. The van der Waals surface area contributed by atoms with Gasteiger partial charge in [0.25, 0.3) is 0 Å². The highest BCUT2D eigenvalue weighted by Crippen LogP contribution is 2.21. The smallest absolute Gasteiger partial charge is 0.325 e. The number of aliphatic carboxylic acids is 1. The minimum absolute atomic E-state index is 0.0226. The molecule has 9 nitrogen and oxygen atoms in total. The molecule has 2 heterocycles. The number of thiol groups is 1. The van der Waals surface area contributed by atoms with E-state index < -0.39 is 35.9 Å². The van der Waals surface area contributed by atoms with Crippen LogP contribution in [0, 0.1) is 0 Å². The molecule has 2 aliphatic heterocycles. The van der Waals surface area contributed by atoms with E-state index in [1.165, 1.54) is 6.92 Å². The lowest BCUT2D eigenvalue weighted by atomic mass is 10.1. The summed E-state index contributed by atoms with van der Waals surface area (Å²) in [6, 6.07) is -2.89. The van der Waals surface area contributed by atoms with Crippen molar-refractivity contribution in [1.82, 2.24) is 20.9 Å². The van der Waals surface area contributed by atoms with Gasteiger partial charge in [-0.2, -0.15) is 12.6 Å². The minimum Gasteiger partial charge on any atom is -0.480 e. The normalized spacial score (nSPS) is 24.8. The second kappa shape index (κ2) is 9.22. The first-order valence-electron chi connectivity index (χ1n) is 8.83. The van der Waals surface area contributed by atoms with Gasteiger partial charge >= 0.3 is 5.97 Å². The third-order valence-corrected chi connectivity index (χ3v) is 5.11. The number of hydrogen-bond acceptors (Lipinski definition) is 6. The number of carboxylic acids is 1. The van der Waals surface area contributed by atoms with E-state index in [1.54, 1.807) is 4.90 Å². The average molecular weight is 386 g/mol. The Bertz CT molecular complexity index is 567. The zero-order chi connectivity index (χ0) is 19.3. The lowest BCUT2D eigenvalue weighted by Gasteiger charge is -2.28. The monoisotopic (exact) mass is 386 g/mol. The second-order valence-corrected chi connectivity index (χ2v) is 7.02. The molecule has 0 radical (unpaired) electrons. The molecule has 2 rings (SSSR count). The number of rotatable bonds is 7. The Balaban J connectivity index is 1.96. The highest BCUT2D eigenvalue weighted by Gasteiger charge is 2.38. The summed E-state index contributed by atoms with van der Waals surface area (Å²) in [6.45, 7) is 2.65. The van der Waals surface area contributed by atoms with E-state index in [4.69, 9.17) is 5.11 Å². The first kappa shape index (κ1) is 20.5. The molecule has 3 amide bonds. The van der Waals surface area contributed by atoms with Gasteiger partial charge in [-0.15, -0.1) is 0 Å². The van der Waals surface area contributed by atoms with Crippen LogP contribution in [0.4, 0.5) is 0 Å². The largest absolute Gasteiger partial charge is 0.480 e. The maximum atomic E-state index is 12.6. The maximum absolute atomic E-state index is 12.6. The van der Waals surface area contributed by atoms with Crippen LogP contribution in [-0.2, 0) is 19.2 Å². The van der Waals surface area contributed by atoms with Crippen LogP contribution in [0.2, 0.25) is 0 Å². The predicted octanol–water partition coefficient (Wildman–Crippen LogP) is -1.27. The molecule has 2 saturated heterocycles. The number of nitrogens with one attached hydrogen (secondary N) is 3. The molecule has 0 aromatic heterocycles. The Morgan fingerprint density at radius 3 is 2.54 bits per heavy atom. The first-order valence-corrected chi connectivity index (χ1v) is 9.46. The zero-order valence-corrected chi connectivity index (χ0v) is 15.6. The molecule has 26 heavy (non-hydrogen) atoms. The number of carbonyl (C=O) groups is 4. The molecule has 4 atom stereocenters. The van der Waals surface area contributed by atoms with Crippen molar-refractivity contribution in [2.45, 2.75) is 56.8 Å². The third-order valence-electron chi connectivity index (χ3n) is 4.74. The molecule has 146 valence electrons. The number of nitrogens with zero attached hydrogens (tertiary/aromatic N) is 1. The number of likely N-dealkylation sites (tertiary alicyclic amines) is 1. The zero-order valence-electron chi connectivity index (χ0n) is 14.7.